The van der Waals surface area contributed by atoms with E-state index >= 15 is 0 Å². The lowest BCUT2D eigenvalue weighted by molar-refractivity contribution is -0.127. The molecule has 2 aliphatic carbocycles. The fourth-order valence-electron chi connectivity index (χ4n) is 3.74. The molecule has 2 saturated carbocycles. The summed E-state index contributed by atoms with van der Waals surface area (Å²) in [6.45, 7) is 2.19. The maximum absolute atomic E-state index is 12.3. The second kappa shape index (κ2) is 7.28. The molecule has 2 rings (SSSR count). The van der Waals surface area contributed by atoms with Gasteiger partial charge in [-0.2, -0.15) is 0 Å². The molecule has 0 heterocycles. The van der Waals surface area contributed by atoms with Crippen LogP contribution in [-0.2, 0) is 4.79 Å². The van der Waals surface area contributed by atoms with E-state index < -0.39 is 0 Å². The predicted molar refractivity (Wildman–Crippen MR) is 78.7 cm³/mol. The Morgan fingerprint density at radius 2 is 1.74 bits per heavy atom. The van der Waals surface area contributed by atoms with Crippen molar-refractivity contribution in [2.45, 2.75) is 83.2 Å². The van der Waals surface area contributed by atoms with Gasteiger partial charge in [-0.25, -0.2) is 0 Å². The minimum Gasteiger partial charge on any atom is -0.353 e. The van der Waals surface area contributed by atoms with E-state index in [0.29, 0.717) is 12.0 Å². The van der Waals surface area contributed by atoms with Crippen molar-refractivity contribution in [3.8, 4) is 0 Å². The Balaban J connectivity index is 1.80. The zero-order valence-electron chi connectivity index (χ0n) is 12.4. The number of rotatable bonds is 3. The molecule has 1 amide bonds. The van der Waals surface area contributed by atoms with Crippen molar-refractivity contribution in [1.29, 1.82) is 0 Å². The quantitative estimate of drug-likeness (QED) is 0.772. The average molecular weight is 266 g/mol. The maximum Gasteiger partial charge on any atom is 0.223 e. The van der Waals surface area contributed by atoms with Crippen LogP contribution >= 0.6 is 0 Å². The lowest BCUT2D eigenvalue weighted by atomic mass is 9.85. The second-order valence-corrected chi connectivity index (χ2v) is 6.67. The predicted octanol–water partition coefficient (Wildman–Crippen LogP) is 2.98. The van der Waals surface area contributed by atoms with Crippen LogP contribution in [0, 0.1) is 11.8 Å². The number of hydrogen-bond acceptors (Lipinski definition) is 2. The number of carbonyl (C=O) groups is 1. The zero-order valence-corrected chi connectivity index (χ0v) is 12.4. The average Bonchev–Trinajstić information content (AvgIpc) is 2.67. The molecule has 3 heteroatoms. The summed E-state index contributed by atoms with van der Waals surface area (Å²) in [4.78, 5) is 12.3. The first kappa shape index (κ1) is 14.8. The van der Waals surface area contributed by atoms with Gasteiger partial charge in [0.1, 0.15) is 0 Å². The molecule has 0 aromatic rings. The molecule has 0 aromatic heterocycles. The third kappa shape index (κ3) is 4.48. The molecule has 0 aliphatic heterocycles. The van der Waals surface area contributed by atoms with Crippen molar-refractivity contribution in [3.63, 3.8) is 0 Å². The van der Waals surface area contributed by atoms with Gasteiger partial charge >= 0.3 is 0 Å². The second-order valence-electron chi connectivity index (χ2n) is 6.67. The molecule has 0 saturated heterocycles. The summed E-state index contributed by atoms with van der Waals surface area (Å²) in [5, 5.41) is 3.27. The van der Waals surface area contributed by atoms with Crippen molar-refractivity contribution < 1.29 is 4.79 Å². The van der Waals surface area contributed by atoms with Crippen molar-refractivity contribution in [2.75, 3.05) is 0 Å². The van der Waals surface area contributed by atoms with Gasteiger partial charge < -0.3 is 11.1 Å². The molecule has 0 spiro atoms. The highest BCUT2D eigenvalue weighted by Crippen LogP contribution is 2.27. The largest absolute Gasteiger partial charge is 0.353 e. The topological polar surface area (TPSA) is 55.1 Å². The smallest absolute Gasteiger partial charge is 0.223 e. The number of carbonyl (C=O) groups excluding carboxylic acids is 1. The first-order valence-corrected chi connectivity index (χ1v) is 8.22. The Labute approximate surface area is 117 Å². The molecule has 0 aromatic carbocycles. The minimum absolute atomic E-state index is 0.164. The molecule has 3 N–H and O–H groups in total. The summed E-state index contributed by atoms with van der Waals surface area (Å²) in [5.41, 5.74) is 5.98. The standard InChI is InChI=1S/C16H30N2O/c1-12(13-7-4-2-3-5-8-13)18-16(19)14-9-6-10-15(17)11-14/h12-15H,2-11,17H2,1H3,(H,18,19)/t12-,14?,15?/m0/s1. The molecule has 2 aliphatic rings. The summed E-state index contributed by atoms with van der Waals surface area (Å²) in [7, 11) is 0. The molecule has 2 fully saturated rings. The zero-order chi connectivity index (χ0) is 13.7. The van der Waals surface area contributed by atoms with Gasteiger partial charge in [0.2, 0.25) is 5.91 Å². The highest BCUT2D eigenvalue weighted by atomic mass is 16.1. The summed E-state index contributed by atoms with van der Waals surface area (Å²) in [6.07, 6.45) is 12.1. The Kier molecular flexibility index (Phi) is 5.68. The first-order chi connectivity index (χ1) is 9.16. The molecule has 3 atom stereocenters. The molecule has 3 nitrogen and oxygen atoms in total. The monoisotopic (exact) mass is 266 g/mol. The SMILES string of the molecule is C[C@H](NC(=O)C1CCCC(N)C1)C1CCCCCC1. The molecular formula is C16H30N2O. The van der Waals surface area contributed by atoms with Crippen LogP contribution in [0.3, 0.4) is 0 Å². The molecule has 0 radical (unpaired) electrons. The fraction of sp³-hybridized carbons (Fsp3) is 0.938. The van der Waals surface area contributed by atoms with Gasteiger partial charge in [-0.05, 0) is 44.9 Å². The lowest BCUT2D eigenvalue weighted by Crippen LogP contribution is -2.44. The van der Waals surface area contributed by atoms with E-state index in [2.05, 4.69) is 12.2 Å². The van der Waals surface area contributed by atoms with Crippen molar-refractivity contribution in [1.82, 2.24) is 5.32 Å². The summed E-state index contributed by atoms with van der Waals surface area (Å²) >= 11 is 0. The Morgan fingerprint density at radius 1 is 1.05 bits per heavy atom. The fourth-order valence-corrected chi connectivity index (χ4v) is 3.74. The van der Waals surface area contributed by atoms with Crippen LogP contribution < -0.4 is 11.1 Å². The van der Waals surface area contributed by atoms with Crippen molar-refractivity contribution in [2.24, 2.45) is 17.6 Å². The molecule has 2 unspecified atom stereocenters. The number of nitrogens with one attached hydrogen (secondary N) is 1. The third-order valence-electron chi connectivity index (χ3n) is 5.06. The Bertz CT molecular complexity index is 284. The van der Waals surface area contributed by atoms with E-state index in [0.717, 1.165) is 25.7 Å². The normalized spacial score (nSPS) is 31.5. The van der Waals surface area contributed by atoms with Crippen LogP contribution in [0.5, 0.6) is 0 Å². The summed E-state index contributed by atoms with van der Waals surface area (Å²) < 4.78 is 0. The van der Waals surface area contributed by atoms with E-state index in [4.69, 9.17) is 5.73 Å². The number of hydrogen-bond donors (Lipinski definition) is 2. The van der Waals surface area contributed by atoms with Gasteiger partial charge in [0.15, 0.2) is 0 Å². The Morgan fingerprint density at radius 3 is 2.37 bits per heavy atom. The highest BCUT2D eigenvalue weighted by molar-refractivity contribution is 5.79. The molecular weight excluding hydrogens is 236 g/mol. The van der Waals surface area contributed by atoms with E-state index in [1.807, 2.05) is 0 Å². The van der Waals surface area contributed by atoms with Crippen LogP contribution in [0.2, 0.25) is 0 Å². The van der Waals surface area contributed by atoms with E-state index in [-0.39, 0.29) is 17.9 Å². The highest BCUT2D eigenvalue weighted by Gasteiger charge is 2.28. The summed E-state index contributed by atoms with van der Waals surface area (Å²) in [6, 6.07) is 0.571. The van der Waals surface area contributed by atoms with E-state index in [1.54, 1.807) is 0 Å². The van der Waals surface area contributed by atoms with Crippen LogP contribution in [0.4, 0.5) is 0 Å². The lowest BCUT2D eigenvalue weighted by Gasteiger charge is -2.29. The van der Waals surface area contributed by atoms with Crippen LogP contribution in [-0.4, -0.2) is 18.0 Å². The van der Waals surface area contributed by atoms with Crippen LogP contribution in [0.25, 0.3) is 0 Å². The third-order valence-corrected chi connectivity index (χ3v) is 5.06. The van der Waals surface area contributed by atoms with Gasteiger partial charge in [0.05, 0.1) is 0 Å². The number of nitrogens with two attached hydrogens (primary N) is 1. The van der Waals surface area contributed by atoms with Crippen molar-refractivity contribution >= 4 is 5.91 Å². The van der Waals surface area contributed by atoms with Gasteiger partial charge in [-0.1, -0.05) is 32.1 Å². The first-order valence-electron chi connectivity index (χ1n) is 8.22. The Hall–Kier alpha value is -0.570. The maximum atomic E-state index is 12.3. The minimum atomic E-state index is 0.164. The molecule has 110 valence electrons. The summed E-state index contributed by atoms with van der Waals surface area (Å²) in [5.74, 6) is 1.10. The van der Waals surface area contributed by atoms with Gasteiger partial charge in [0.25, 0.3) is 0 Å². The molecule has 19 heavy (non-hydrogen) atoms. The van der Waals surface area contributed by atoms with Gasteiger partial charge in [-0.3, -0.25) is 4.79 Å². The van der Waals surface area contributed by atoms with Crippen LogP contribution in [0.1, 0.15) is 71.1 Å². The van der Waals surface area contributed by atoms with Gasteiger partial charge in [-0.15, -0.1) is 0 Å². The number of amides is 1. The van der Waals surface area contributed by atoms with Gasteiger partial charge in [0, 0.05) is 18.0 Å². The van der Waals surface area contributed by atoms with Crippen LogP contribution in [0.15, 0.2) is 0 Å². The van der Waals surface area contributed by atoms with E-state index in [1.165, 1.54) is 38.5 Å². The van der Waals surface area contributed by atoms with Crippen molar-refractivity contribution in [3.05, 3.63) is 0 Å². The van der Waals surface area contributed by atoms with E-state index in [9.17, 15) is 4.79 Å². The molecule has 0 bridgehead atoms.